The second-order valence-corrected chi connectivity index (χ2v) is 4.24. The van der Waals surface area contributed by atoms with Gasteiger partial charge in [-0.15, -0.1) is 0 Å². The molecule has 1 heterocycles. The summed E-state index contributed by atoms with van der Waals surface area (Å²) in [5.41, 5.74) is 0.714. The second-order valence-electron chi connectivity index (χ2n) is 4.24. The van der Waals surface area contributed by atoms with Crippen LogP contribution in [0.15, 0.2) is 36.4 Å². The van der Waals surface area contributed by atoms with E-state index in [4.69, 9.17) is 4.74 Å². The van der Waals surface area contributed by atoms with E-state index in [0.717, 1.165) is 0 Å². The summed E-state index contributed by atoms with van der Waals surface area (Å²) >= 11 is 0. The molecule has 0 aliphatic rings. The van der Waals surface area contributed by atoms with Gasteiger partial charge in [0.05, 0.1) is 7.11 Å². The third-order valence-electron chi connectivity index (χ3n) is 2.75. The van der Waals surface area contributed by atoms with Gasteiger partial charge in [0.1, 0.15) is 11.5 Å². The summed E-state index contributed by atoms with van der Waals surface area (Å²) in [5, 5.41) is 5.69. The topological polar surface area (TPSA) is 63.2 Å². The first-order chi connectivity index (χ1) is 10.1. The molecule has 0 fully saturated rings. The maximum absolute atomic E-state index is 13.3. The van der Waals surface area contributed by atoms with Gasteiger partial charge >= 0.3 is 0 Å². The van der Waals surface area contributed by atoms with Crippen molar-refractivity contribution in [1.29, 1.82) is 0 Å². The van der Waals surface area contributed by atoms with Gasteiger partial charge in [-0.2, -0.15) is 0 Å². The molecule has 0 bridgehead atoms. The van der Waals surface area contributed by atoms with Crippen molar-refractivity contribution in [2.45, 2.75) is 6.92 Å². The number of aromatic nitrogens is 1. The van der Waals surface area contributed by atoms with Crippen molar-refractivity contribution in [2.24, 2.45) is 0 Å². The molecule has 1 aromatic carbocycles. The van der Waals surface area contributed by atoms with Gasteiger partial charge in [0, 0.05) is 18.3 Å². The third-order valence-corrected chi connectivity index (χ3v) is 2.75. The first-order valence-corrected chi connectivity index (χ1v) is 6.50. The molecule has 0 aliphatic heterocycles. The van der Waals surface area contributed by atoms with Gasteiger partial charge in [-0.1, -0.05) is 6.07 Å². The summed E-state index contributed by atoms with van der Waals surface area (Å²) in [7, 11) is 1.37. The molecule has 0 spiro atoms. The van der Waals surface area contributed by atoms with Gasteiger partial charge in [0.15, 0.2) is 11.6 Å². The number of ether oxygens (including phenoxy) is 1. The number of anilines is 2. The first kappa shape index (κ1) is 14.8. The molecule has 1 aromatic heterocycles. The minimum atomic E-state index is -0.484. The minimum Gasteiger partial charge on any atom is -0.494 e. The Hall–Kier alpha value is -2.63. The fraction of sp³-hybridized carbons (Fsp3) is 0.200. The average molecular weight is 289 g/mol. The predicted octanol–water partition coefficient (Wildman–Crippen LogP) is 2.91. The molecule has 2 aromatic rings. The molecule has 0 radical (unpaired) electrons. The standard InChI is InChI=1S/C15H16FN3O2/c1-3-17-14-6-4-5-12(19-14)15(20)18-10-7-8-11(16)13(9-10)21-2/h4-9H,3H2,1-2H3,(H,17,19)(H,18,20). The van der Waals surface area contributed by atoms with Crippen LogP contribution < -0.4 is 15.4 Å². The Balaban J connectivity index is 2.16. The Morgan fingerprint density at radius 3 is 2.86 bits per heavy atom. The normalized spacial score (nSPS) is 10.0. The van der Waals surface area contributed by atoms with Crippen molar-refractivity contribution in [3.05, 3.63) is 47.9 Å². The van der Waals surface area contributed by atoms with Crippen molar-refractivity contribution >= 4 is 17.4 Å². The van der Waals surface area contributed by atoms with Crippen LogP contribution in [0.2, 0.25) is 0 Å². The highest BCUT2D eigenvalue weighted by molar-refractivity contribution is 6.03. The SMILES string of the molecule is CCNc1cccc(C(=O)Nc2ccc(F)c(OC)c2)n1. The van der Waals surface area contributed by atoms with E-state index in [9.17, 15) is 9.18 Å². The molecule has 0 saturated carbocycles. The second kappa shape index (κ2) is 6.69. The smallest absolute Gasteiger partial charge is 0.274 e. The highest BCUT2D eigenvalue weighted by Gasteiger charge is 2.10. The number of pyridine rings is 1. The van der Waals surface area contributed by atoms with E-state index >= 15 is 0 Å². The Labute approximate surface area is 122 Å². The van der Waals surface area contributed by atoms with E-state index in [1.165, 1.54) is 25.3 Å². The monoisotopic (exact) mass is 289 g/mol. The van der Waals surface area contributed by atoms with Crippen LogP contribution in [0, 0.1) is 5.82 Å². The van der Waals surface area contributed by atoms with Gasteiger partial charge in [-0.25, -0.2) is 9.37 Å². The van der Waals surface area contributed by atoms with Gasteiger partial charge < -0.3 is 15.4 Å². The zero-order valence-electron chi connectivity index (χ0n) is 11.8. The quantitative estimate of drug-likeness (QED) is 0.888. The lowest BCUT2D eigenvalue weighted by Crippen LogP contribution is -2.14. The largest absolute Gasteiger partial charge is 0.494 e. The van der Waals surface area contributed by atoms with E-state index in [1.807, 2.05) is 6.92 Å². The number of nitrogens with zero attached hydrogens (tertiary/aromatic N) is 1. The summed E-state index contributed by atoms with van der Waals surface area (Å²) in [5.74, 6) is -0.157. The van der Waals surface area contributed by atoms with Crippen LogP contribution in [0.4, 0.5) is 15.9 Å². The molecule has 5 nitrogen and oxygen atoms in total. The number of hydrogen-bond acceptors (Lipinski definition) is 4. The van der Waals surface area contributed by atoms with Gasteiger partial charge in [-0.3, -0.25) is 4.79 Å². The van der Waals surface area contributed by atoms with E-state index in [0.29, 0.717) is 18.1 Å². The van der Waals surface area contributed by atoms with Gasteiger partial charge in [0.2, 0.25) is 0 Å². The number of halogens is 1. The molecule has 0 saturated heterocycles. The van der Waals surface area contributed by atoms with Crippen molar-refractivity contribution in [3.8, 4) is 5.75 Å². The maximum atomic E-state index is 13.3. The number of amides is 1. The minimum absolute atomic E-state index is 0.0714. The van der Waals surface area contributed by atoms with Gasteiger partial charge in [-0.05, 0) is 31.2 Å². The highest BCUT2D eigenvalue weighted by atomic mass is 19.1. The summed E-state index contributed by atoms with van der Waals surface area (Å²) in [4.78, 5) is 16.3. The van der Waals surface area contributed by atoms with E-state index in [2.05, 4.69) is 15.6 Å². The number of methoxy groups -OCH3 is 1. The Morgan fingerprint density at radius 1 is 1.33 bits per heavy atom. The summed E-state index contributed by atoms with van der Waals surface area (Å²) in [6, 6.07) is 9.24. The summed E-state index contributed by atoms with van der Waals surface area (Å²) < 4.78 is 18.2. The van der Waals surface area contributed by atoms with E-state index in [1.54, 1.807) is 18.2 Å². The van der Waals surface area contributed by atoms with Crippen LogP contribution in [-0.2, 0) is 0 Å². The van der Waals surface area contributed by atoms with Crippen LogP contribution >= 0.6 is 0 Å². The van der Waals surface area contributed by atoms with Gasteiger partial charge in [0.25, 0.3) is 5.91 Å². The molecule has 1 amide bonds. The van der Waals surface area contributed by atoms with Crippen LogP contribution in [0.1, 0.15) is 17.4 Å². The molecule has 2 N–H and O–H groups in total. The van der Waals surface area contributed by atoms with Crippen molar-refractivity contribution in [2.75, 3.05) is 24.3 Å². The summed E-state index contributed by atoms with van der Waals surface area (Å²) in [6.07, 6.45) is 0. The highest BCUT2D eigenvalue weighted by Crippen LogP contribution is 2.21. The fourth-order valence-corrected chi connectivity index (χ4v) is 1.77. The Morgan fingerprint density at radius 2 is 2.14 bits per heavy atom. The van der Waals surface area contributed by atoms with Crippen molar-refractivity contribution in [1.82, 2.24) is 4.98 Å². The van der Waals surface area contributed by atoms with Crippen LogP contribution in [0.5, 0.6) is 5.75 Å². The lowest BCUT2D eigenvalue weighted by Gasteiger charge is -2.08. The fourth-order valence-electron chi connectivity index (χ4n) is 1.77. The van der Waals surface area contributed by atoms with Crippen LogP contribution in [0.25, 0.3) is 0 Å². The molecule has 21 heavy (non-hydrogen) atoms. The van der Waals surface area contributed by atoms with Crippen LogP contribution in [0.3, 0.4) is 0 Å². The zero-order chi connectivity index (χ0) is 15.2. The number of benzene rings is 1. The van der Waals surface area contributed by atoms with E-state index < -0.39 is 5.82 Å². The molecule has 0 aliphatic carbocycles. The number of carbonyl (C=O) groups excluding carboxylic acids is 1. The lowest BCUT2D eigenvalue weighted by atomic mass is 10.2. The molecule has 0 unspecified atom stereocenters. The van der Waals surface area contributed by atoms with Crippen LogP contribution in [-0.4, -0.2) is 24.5 Å². The molecular formula is C15H16FN3O2. The maximum Gasteiger partial charge on any atom is 0.274 e. The number of nitrogens with one attached hydrogen (secondary N) is 2. The predicted molar refractivity (Wildman–Crippen MR) is 79.3 cm³/mol. The molecule has 6 heteroatoms. The average Bonchev–Trinajstić information content (AvgIpc) is 2.50. The number of hydrogen-bond donors (Lipinski definition) is 2. The number of carbonyl (C=O) groups is 1. The first-order valence-electron chi connectivity index (χ1n) is 6.50. The van der Waals surface area contributed by atoms with E-state index in [-0.39, 0.29) is 17.4 Å². The molecule has 2 rings (SSSR count). The third kappa shape index (κ3) is 3.68. The molecule has 0 atom stereocenters. The molecule has 110 valence electrons. The number of rotatable bonds is 5. The lowest BCUT2D eigenvalue weighted by molar-refractivity contribution is 0.102. The van der Waals surface area contributed by atoms with Crippen molar-refractivity contribution < 1.29 is 13.9 Å². The molecular weight excluding hydrogens is 273 g/mol. The summed E-state index contributed by atoms with van der Waals surface area (Å²) in [6.45, 7) is 2.66. The Bertz CT molecular complexity index is 647. The zero-order valence-corrected chi connectivity index (χ0v) is 11.8. The van der Waals surface area contributed by atoms with Crippen molar-refractivity contribution in [3.63, 3.8) is 0 Å². The Kier molecular flexibility index (Phi) is 4.71.